The van der Waals surface area contributed by atoms with Gasteiger partial charge in [0, 0.05) is 5.56 Å². The smallest absolute Gasteiger partial charge is 0.251 e. The molecule has 174 valence electrons. The zero-order valence-electron chi connectivity index (χ0n) is 19.4. The Morgan fingerprint density at radius 3 is 2.12 bits per heavy atom. The van der Waals surface area contributed by atoms with Crippen LogP contribution in [0.2, 0.25) is 0 Å². The lowest BCUT2D eigenvalue weighted by atomic mass is 10.1. The first kappa shape index (κ1) is 24.3. The van der Waals surface area contributed by atoms with E-state index in [1.54, 1.807) is 24.3 Å². The van der Waals surface area contributed by atoms with Crippen molar-refractivity contribution in [3.8, 4) is 5.75 Å². The van der Waals surface area contributed by atoms with Gasteiger partial charge in [0.15, 0.2) is 0 Å². The third-order valence-corrected chi connectivity index (χ3v) is 6.36. The number of benzene rings is 3. The molecule has 3 aromatic rings. The maximum absolute atomic E-state index is 12.6. The average Bonchev–Trinajstić information content (AvgIpc) is 2.77. The zero-order chi connectivity index (χ0) is 24.0. The topological polar surface area (TPSA) is 75.7 Å². The second kappa shape index (κ2) is 10.5. The zero-order valence-corrected chi connectivity index (χ0v) is 20.2. The molecule has 3 aromatic carbocycles. The number of amides is 1. The first-order valence-electron chi connectivity index (χ1n) is 10.8. The third kappa shape index (κ3) is 6.58. The number of hydrogen-bond donors (Lipinski definition) is 1. The Morgan fingerprint density at radius 2 is 1.55 bits per heavy atom. The second-order valence-electron chi connectivity index (χ2n) is 8.21. The van der Waals surface area contributed by atoms with Gasteiger partial charge in [-0.25, -0.2) is 8.42 Å². The van der Waals surface area contributed by atoms with Crippen LogP contribution in [0.4, 0.5) is 5.69 Å². The Kier molecular flexibility index (Phi) is 7.76. The number of hydrogen-bond acceptors (Lipinski definition) is 4. The van der Waals surface area contributed by atoms with Crippen molar-refractivity contribution in [2.24, 2.45) is 0 Å². The molecular weight excluding hydrogens is 436 g/mol. The molecule has 3 rings (SSSR count). The standard InChI is InChI=1S/C26H30N2O4S/c1-19-9-8-10-20(2)25(19)28(33(4,30)31)17-22-13-15-23(16-14-22)26(29)27-21(3)18-32-24-11-6-5-7-12-24/h5-16,21H,17-18H2,1-4H3,(H,27,29). The van der Waals surface area contributed by atoms with E-state index in [2.05, 4.69) is 5.32 Å². The Labute approximate surface area is 196 Å². The van der Waals surface area contributed by atoms with Crippen LogP contribution >= 0.6 is 0 Å². The van der Waals surface area contributed by atoms with Crippen molar-refractivity contribution < 1.29 is 17.9 Å². The SMILES string of the molecule is Cc1cccc(C)c1N(Cc1ccc(C(=O)NC(C)COc2ccccc2)cc1)S(C)(=O)=O. The molecule has 0 saturated carbocycles. The van der Waals surface area contributed by atoms with Crippen LogP contribution in [0.1, 0.15) is 34.0 Å². The van der Waals surface area contributed by atoms with E-state index in [1.807, 2.05) is 69.3 Å². The number of aryl methyl sites for hydroxylation is 2. The van der Waals surface area contributed by atoms with Crippen molar-refractivity contribution in [2.75, 3.05) is 17.2 Å². The van der Waals surface area contributed by atoms with Gasteiger partial charge in [0.1, 0.15) is 12.4 Å². The molecule has 0 aliphatic carbocycles. The lowest BCUT2D eigenvalue weighted by Gasteiger charge is -2.26. The molecule has 33 heavy (non-hydrogen) atoms. The average molecular weight is 467 g/mol. The van der Waals surface area contributed by atoms with Crippen LogP contribution in [0.5, 0.6) is 5.75 Å². The van der Waals surface area contributed by atoms with Crippen LogP contribution < -0.4 is 14.4 Å². The molecule has 0 saturated heterocycles. The number of sulfonamides is 1. The Bertz CT molecular complexity index is 1170. The van der Waals surface area contributed by atoms with E-state index in [0.29, 0.717) is 17.9 Å². The van der Waals surface area contributed by atoms with E-state index in [1.165, 1.54) is 10.6 Å². The van der Waals surface area contributed by atoms with Gasteiger partial charge < -0.3 is 10.1 Å². The molecule has 0 heterocycles. The van der Waals surface area contributed by atoms with Crippen molar-refractivity contribution in [1.82, 2.24) is 5.32 Å². The fourth-order valence-electron chi connectivity index (χ4n) is 3.58. The van der Waals surface area contributed by atoms with Gasteiger partial charge in [0.25, 0.3) is 5.91 Å². The summed E-state index contributed by atoms with van der Waals surface area (Å²) in [4.78, 5) is 12.6. The third-order valence-electron chi connectivity index (χ3n) is 5.25. The molecule has 0 bridgehead atoms. The number of carbonyl (C=O) groups excluding carboxylic acids is 1. The van der Waals surface area contributed by atoms with E-state index in [9.17, 15) is 13.2 Å². The van der Waals surface area contributed by atoms with E-state index < -0.39 is 10.0 Å². The minimum Gasteiger partial charge on any atom is -0.491 e. The summed E-state index contributed by atoms with van der Waals surface area (Å²) in [5, 5.41) is 2.92. The number of para-hydroxylation sites is 2. The normalized spacial score (nSPS) is 12.1. The van der Waals surface area contributed by atoms with Crippen LogP contribution in [-0.4, -0.2) is 33.2 Å². The molecule has 0 aliphatic rings. The van der Waals surface area contributed by atoms with Crippen molar-refractivity contribution >= 4 is 21.6 Å². The highest BCUT2D eigenvalue weighted by Gasteiger charge is 2.21. The summed E-state index contributed by atoms with van der Waals surface area (Å²) in [7, 11) is -3.49. The summed E-state index contributed by atoms with van der Waals surface area (Å²) >= 11 is 0. The highest BCUT2D eigenvalue weighted by molar-refractivity contribution is 7.92. The summed E-state index contributed by atoms with van der Waals surface area (Å²) in [5.74, 6) is 0.544. The van der Waals surface area contributed by atoms with Crippen LogP contribution in [0.15, 0.2) is 72.8 Å². The first-order valence-corrected chi connectivity index (χ1v) is 12.6. The highest BCUT2D eigenvalue weighted by Crippen LogP contribution is 2.28. The van der Waals surface area contributed by atoms with E-state index in [-0.39, 0.29) is 18.5 Å². The van der Waals surface area contributed by atoms with Crippen LogP contribution in [0.3, 0.4) is 0 Å². The molecule has 0 radical (unpaired) electrons. The molecule has 0 fully saturated rings. The fourth-order valence-corrected chi connectivity index (χ4v) is 4.58. The summed E-state index contributed by atoms with van der Waals surface area (Å²) < 4.78 is 32.2. The molecule has 1 N–H and O–H groups in total. The van der Waals surface area contributed by atoms with E-state index >= 15 is 0 Å². The minimum atomic E-state index is -3.49. The summed E-state index contributed by atoms with van der Waals surface area (Å²) in [6.07, 6.45) is 1.21. The largest absolute Gasteiger partial charge is 0.491 e. The van der Waals surface area contributed by atoms with Gasteiger partial charge in [0.05, 0.1) is 24.5 Å². The quantitative estimate of drug-likeness (QED) is 0.505. The Hall–Kier alpha value is -3.32. The van der Waals surface area contributed by atoms with Gasteiger partial charge in [-0.05, 0) is 61.7 Å². The predicted molar refractivity (Wildman–Crippen MR) is 132 cm³/mol. The molecule has 1 atom stereocenters. The Balaban J connectivity index is 1.66. The predicted octanol–water partition coefficient (Wildman–Crippen LogP) is 4.47. The molecule has 6 nitrogen and oxygen atoms in total. The van der Waals surface area contributed by atoms with Crippen LogP contribution in [-0.2, 0) is 16.6 Å². The summed E-state index contributed by atoms with van der Waals surface area (Å²) in [6.45, 7) is 6.22. The van der Waals surface area contributed by atoms with Gasteiger partial charge in [-0.15, -0.1) is 0 Å². The number of nitrogens with one attached hydrogen (secondary N) is 1. The summed E-state index contributed by atoms with van der Waals surface area (Å²) in [5.41, 5.74) is 3.77. The Morgan fingerprint density at radius 1 is 0.939 bits per heavy atom. The first-order chi connectivity index (χ1) is 15.6. The van der Waals surface area contributed by atoms with Gasteiger partial charge in [-0.2, -0.15) is 0 Å². The van der Waals surface area contributed by atoms with Gasteiger partial charge >= 0.3 is 0 Å². The van der Waals surface area contributed by atoms with Crippen molar-refractivity contribution in [3.05, 3.63) is 95.1 Å². The maximum Gasteiger partial charge on any atom is 0.251 e. The monoisotopic (exact) mass is 466 g/mol. The molecule has 0 aromatic heterocycles. The van der Waals surface area contributed by atoms with Crippen molar-refractivity contribution in [2.45, 2.75) is 33.4 Å². The summed E-state index contributed by atoms with van der Waals surface area (Å²) in [6, 6.07) is 22.0. The van der Waals surface area contributed by atoms with Gasteiger partial charge in [-0.3, -0.25) is 9.10 Å². The van der Waals surface area contributed by atoms with Gasteiger partial charge in [0.2, 0.25) is 10.0 Å². The molecule has 1 amide bonds. The molecule has 1 unspecified atom stereocenters. The van der Waals surface area contributed by atoms with Crippen LogP contribution in [0.25, 0.3) is 0 Å². The number of anilines is 1. The number of rotatable bonds is 9. The fraction of sp³-hybridized carbons (Fsp3) is 0.269. The minimum absolute atomic E-state index is 0.179. The maximum atomic E-state index is 12.6. The number of carbonyl (C=O) groups is 1. The lowest BCUT2D eigenvalue weighted by Crippen LogP contribution is -2.36. The lowest BCUT2D eigenvalue weighted by molar-refractivity contribution is 0.0926. The molecule has 0 spiro atoms. The van der Waals surface area contributed by atoms with E-state index in [0.717, 1.165) is 22.4 Å². The molecule has 7 heteroatoms. The van der Waals surface area contributed by atoms with E-state index in [4.69, 9.17) is 4.74 Å². The van der Waals surface area contributed by atoms with Crippen LogP contribution in [0, 0.1) is 13.8 Å². The van der Waals surface area contributed by atoms with Crippen molar-refractivity contribution in [3.63, 3.8) is 0 Å². The molecular formula is C26H30N2O4S. The molecule has 0 aliphatic heterocycles. The number of nitrogens with zero attached hydrogens (tertiary/aromatic N) is 1. The second-order valence-corrected chi connectivity index (χ2v) is 10.1. The number of ether oxygens (including phenoxy) is 1. The van der Waals surface area contributed by atoms with Crippen molar-refractivity contribution in [1.29, 1.82) is 0 Å². The highest BCUT2D eigenvalue weighted by atomic mass is 32.2. The van der Waals surface area contributed by atoms with Gasteiger partial charge in [-0.1, -0.05) is 48.5 Å².